The molecule has 3 aromatic rings. The third kappa shape index (κ3) is 3.62. The SMILES string of the molecule is C[C@@H](Cc1cn(Cc2c(F)cccc2F)nn1)c1ccccc1. The second-order valence-electron chi connectivity index (χ2n) is 5.62. The van der Waals surface area contributed by atoms with Crippen LogP contribution in [0.4, 0.5) is 8.78 Å². The summed E-state index contributed by atoms with van der Waals surface area (Å²) < 4.78 is 28.8. The van der Waals surface area contributed by atoms with E-state index in [2.05, 4.69) is 29.4 Å². The van der Waals surface area contributed by atoms with Crippen molar-refractivity contribution in [3.8, 4) is 0 Å². The first kappa shape index (κ1) is 15.3. The molecule has 0 bridgehead atoms. The normalized spacial score (nSPS) is 12.3. The van der Waals surface area contributed by atoms with Gasteiger partial charge in [0.2, 0.25) is 0 Å². The summed E-state index contributed by atoms with van der Waals surface area (Å²) in [5.41, 5.74) is 2.03. The number of rotatable bonds is 5. The Morgan fingerprint density at radius 2 is 1.70 bits per heavy atom. The lowest BCUT2D eigenvalue weighted by Crippen LogP contribution is -2.05. The fourth-order valence-electron chi connectivity index (χ4n) is 2.57. The summed E-state index contributed by atoms with van der Waals surface area (Å²) in [7, 11) is 0. The van der Waals surface area contributed by atoms with Crippen LogP contribution < -0.4 is 0 Å². The zero-order valence-corrected chi connectivity index (χ0v) is 12.8. The van der Waals surface area contributed by atoms with Crippen molar-refractivity contribution < 1.29 is 8.78 Å². The van der Waals surface area contributed by atoms with E-state index in [-0.39, 0.29) is 12.1 Å². The van der Waals surface area contributed by atoms with Gasteiger partial charge in [0.25, 0.3) is 0 Å². The lowest BCUT2D eigenvalue weighted by atomic mass is 9.97. The Kier molecular flexibility index (Phi) is 4.46. The second-order valence-corrected chi connectivity index (χ2v) is 5.62. The van der Waals surface area contributed by atoms with Gasteiger partial charge in [-0.2, -0.15) is 0 Å². The number of aromatic nitrogens is 3. The Morgan fingerprint density at radius 3 is 2.39 bits per heavy atom. The van der Waals surface area contributed by atoms with Crippen LogP contribution in [0.15, 0.2) is 54.7 Å². The molecular formula is C18H17F2N3. The highest BCUT2D eigenvalue weighted by Gasteiger charge is 2.12. The van der Waals surface area contributed by atoms with Gasteiger partial charge in [-0.1, -0.05) is 48.5 Å². The average Bonchev–Trinajstić information content (AvgIpc) is 2.99. The smallest absolute Gasteiger partial charge is 0.131 e. The summed E-state index contributed by atoms with van der Waals surface area (Å²) in [5.74, 6) is -0.842. The van der Waals surface area contributed by atoms with Crippen molar-refractivity contribution >= 4 is 0 Å². The van der Waals surface area contributed by atoms with E-state index in [1.807, 2.05) is 18.2 Å². The summed E-state index contributed by atoms with van der Waals surface area (Å²) in [6.45, 7) is 2.15. The van der Waals surface area contributed by atoms with E-state index >= 15 is 0 Å². The van der Waals surface area contributed by atoms with E-state index in [1.165, 1.54) is 28.4 Å². The van der Waals surface area contributed by atoms with E-state index in [4.69, 9.17) is 0 Å². The van der Waals surface area contributed by atoms with E-state index in [0.717, 1.165) is 12.1 Å². The van der Waals surface area contributed by atoms with E-state index < -0.39 is 11.6 Å². The molecule has 118 valence electrons. The zero-order valence-electron chi connectivity index (χ0n) is 12.8. The van der Waals surface area contributed by atoms with E-state index in [1.54, 1.807) is 6.20 Å². The quantitative estimate of drug-likeness (QED) is 0.714. The fourth-order valence-corrected chi connectivity index (χ4v) is 2.57. The third-order valence-electron chi connectivity index (χ3n) is 3.85. The number of hydrogen-bond acceptors (Lipinski definition) is 2. The van der Waals surface area contributed by atoms with Gasteiger partial charge in [-0.05, 0) is 30.0 Å². The number of hydrogen-bond donors (Lipinski definition) is 0. The van der Waals surface area contributed by atoms with Gasteiger partial charge in [0, 0.05) is 11.8 Å². The van der Waals surface area contributed by atoms with Crippen LogP contribution in [-0.2, 0) is 13.0 Å². The molecule has 0 aliphatic carbocycles. The maximum Gasteiger partial charge on any atom is 0.131 e. The molecular weight excluding hydrogens is 296 g/mol. The summed E-state index contributed by atoms with van der Waals surface area (Å²) in [4.78, 5) is 0. The van der Waals surface area contributed by atoms with Crippen molar-refractivity contribution in [2.45, 2.75) is 25.8 Å². The van der Waals surface area contributed by atoms with Gasteiger partial charge in [-0.15, -0.1) is 5.10 Å². The highest BCUT2D eigenvalue weighted by atomic mass is 19.1. The summed E-state index contributed by atoms with van der Waals surface area (Å²) in [6, 6.07) is 14.0. The molecule has 0 aliphatic heterocycles. The fraction of sp³-hybridized carbons (Fsp3) is 0.222. The zero-order chi connectivity index (χ0) is 16.2. The molecule has 1 heterocycles. The van der Waals surface area contributed by atoms with Crippen LogP contribution in [0.25, 0.3) is 0 Å². The summed E-state index contributed by atoms with van der Waals surface area (Å²) >= 11 is 0. The minimum absolute atomic E-state index is 0.0000536. The lowest BCUT2D eigenvalue weighted by molar-refractivity contribution is 0.528. The van der Waals surface area contributed by atoms with Crippen LogP contribution in [0.1, 0.15) is 29.7 Å². The second kappa shape index (κ2) is 6.69. The van der Waals surface area contributed by atoms with Crippen LogP contribution in [0, 0.1) is 11.6 Å². The molecule has 0 radical (unpaired) electrons. The van der Waals surface area contributed by atoms with E-state index in [9.17, 15) is 8.78 Å². The monoisotopic (exact) mass is 313 g/mol. The van der Waals surface area contributed by atoms with Gasteiger partial charge in [0.1, 0.15) is 11.6 Å². The summed E-state index contributed by atoms with van der Waals surface area (Å²) in [5, 5.41) is 8.08. The van der Waals surface area contributed by atoms with Gasteiger partial charge < -0.3 is 0 Å². The minimum atomic E-state index is -0.570. The van der Waals surface area contributed by atoms with Crippen LogP contribution in [0.5, 0.6) is 0 Å². The van der Waals surface area contributed by atoms with Crippen molar-refractivity contribution in [1.29, 1.82) is 0 Å². The Morgan fingerprint density at radius 1 is 1.00 bits per heavy atom. The Bertz CT molecular complexity index is 764. The molecule has 0 aliphatic rings. The maximum absolute atomic E-state index is 13.7. The molecule has 23 heavy (non-hydrogen) atoms. The van der Waals surface area contributed by atoms with Gasteiger partial charge >= 0.3 is 0 Å². The molecule has 0 unspecified atom stereocenters. The maximum atomic E-state index is 13.7. The molecule has 1 atom stereocenters. The van der Waals surface area contributed by atoms with Crippen molar-refractivity contribution in [2.75, 3.05) is 0 Å². The van der Waals surface area contributed by atoms with Crippen LogP contribution in [0.3, 0.4) is 0 Å². The number of halogens is 2. The molecule has 0 saturated heterocycles. The highest BCUT2D eigenvalue weighted by molar-refractivity contribution is 5.21. The molecule has 5 heteroatoms. The predicted molar refractivity (Wildman–Crippen MR) is 84.0 cm³/mol. The molecule has 3 rings (SSSR count). The van der Waals surface area contributed by atoms with Crippen LogP contribution >= 0.6 is 0 Å². The van der Waals surface area contributed by atoms with Crippen LogP contribution in [-0.4, -0.2) is 15.0 Å². The first-order chi connectivity index (χ1) is 11.1. The predicted octanol–water partition coefficient (Wildman–Crippen LogP) is 3.95. The molecule has 0 N–H and O–H groups in total. The highest BCUT2D eigenvalue weighted by Crippen LogP contribution is 2.19. The topological polar surface area (TPSA) is 30.7 Å². The first-order valence-electron chi connectivity index (χ1n) is 7.50. The largest absolute Gasteiger partial charge is 0.248 e. The number of benzene rings is 2. The minimum Gasteiger partial charge on any atom is -0.248 e. The first-order valence-corrected chi connectivity index (χ1v) is 7.50. The Hall–Kier alpha value is -2.56. The Balaban J connectivity index is 1.71. The lowest BCUT2D eigenvalue weighted by Gasteiger charge is -2.09. The van der Waals surface area contributed by atoms with Crippen molar-refractivity contribution in [1.82, 2.24) is 15.0 Å². The van der Waals surface area contributed by atoms with Gasteiger partial charge in [-0.3, -0.25) is 0 Å². The average molecular weight is 313 g/mol. The molecule has 0 fully saturated rings. The summed E-state index contributed by atoms with van der Waals surface area (Å²) in [6.07, 6.45) is 2.47. The molecule has 2 aromatic carbocycles. The van der Waals surface area contributed by atoms with Gasteiger partial charge in [0.15, 0.2) is 0 Å². The Labute approximate surface area is 133 Å². The molecule has 1 aromatic heterocycles. The molecule has 0 spiro atoms. The van der Waals surface area contributed by atoms with Crippen molar-refractivity contribution in [3.05, 3.63) is 83.2 Å². The molecule has 0 amide bonds. The van der Waals surface area contributed by atoms with Crippen molar-refractivity contribution in [3.63, 3.8) is 0 Å². The van der Waals surface area contributed by atoms with Crippen molar-refractivity contribution in [2.24, 2.45) is 0 Å². The number of nitrogens with zero attached hydrogens (tertiary/aromatic N) is 3. The van der Waals surface area contributed by atoms with Gasteiger partial charge in [-0.25, -0.2) is 13.5 Å². The standard InChI is InChI=1S/C18H17F2N3/c1-13(14-6-3-2-4-7-14)10-15-11-23(22-21-15)12-16-17(19)8-5-9-18(16)20/h2-9,11,13H,10,12H2,1H3/t13-/m0/s1. The van der Waals surface area contributed by atoms with Gasteiger partial charge in [0.05, 0.1) is 12.2 Å². The molecule has 0 saturated carbocycles. The van der Waals surface area contributed by atoms with Crippen LogP contribution in [0.2, 0.25) is 0 Å². The third-order valence-corrected chi connectivity index (χ3v) is 3.85. The van der Waals surface area contributed by atoms with E-state index in [0.29, 0.717) is 5.92 Å². The molecule has 3 nitrogen and oxygen atoms in total.